The first-order valence-electron chi connectivity index (χ1n) is 15.3. The van der Waals surface area contributed by atoms with Crippen LogP contribution in [0.3, 0.4) is 0 Å². The Bertz CT molecular complexity index is 1640. The first-order valence-corrected chi connectivity index (χ1v) is 16.7. The molecule has 13 heteroatoms. The van der Waals surface area contributed by atoms with Gasteiger partial charge in [-0.1, -0.05) is 38.1 Å². The Hall–Kier alpha value is -4.43. The van der Waals surface area contributed by atoms with Crippen molar-refractivity contribution in [3.05, 3.63) is 95.8 Å². The van der Waals surface area contributed by atoms with Gasteiger partial charge in [0.05, 0.1) is 36.6 Å². The highest BCUT2D eigenvalue weighted by Crippen LogP contribution is 2.29. The molecule has 2 atom stereocenters. The van der Waals surface area contributed by atoms with Gasteiger partial charge in [0.1, 0.15) is 5.75 Å². The van der Waals surface area contributed by atoms with E-state index in [1.165, 1.54) is 19.2 Å². The van der Waals surface area contributed by atoms with Crippen molar-refractivity contribution in [3.8, 4) is 5.75 Å². The maximum absolute atomic E-state index is 13.2. The number of nitrogens with zero attached hydrogens (tertiary/aromatic N) is 1. The van der Waals surface area contributed by atoms with Crippen LogP contribution in [0.4, 0.5) is 11.4 Å². The highest BCUT2D eigenvalue weighted by atomic mass is 32.2. The standard InChI is InChI=1S/C34H42N4O8S/c1-23(2)26-20-31(34(41)36-22-24-8-10-25(11-9-24)33(40)37-30-7-5-4-6-29(30)35)46-32(21-26)45-19-17-38(16-18-39)47(42,43)28-14-12-27(44-3)13-15-28/h4-15,20,23,26,32,39H,16-19,21-22,35H2,1-3H3,(H,36,41)(H,37,40)/t26-,32+/m0/s1. The number of amides is 2. The minimum absolute atomic E-state index is 0.0116. The number of benzene rings is 3. The van der Waals surface area contributed by atoms with Gasteiger partial charge in [0.25, 0.3) is 11.8 Å². The number of nitrogens with one attached hydrogen (secondary N) is 2. The van der Waals surface area contributed by atoms with Gasteiger partial charge >= 0.3 is 0 Å². The van der Waals surface area contributed by atoms with Crippen molar-refractivity contribution < 1.29 is 37.3 Å². The molecular weight excluding hydrogens is 624 g/mol. The second kappa shape index (κ2) is 16.4. The fourth-order valence-corrected chi connectivity index (χ4v) is 6.32. The van der Waals surface area contributed by atoms with Gasteiger partial charge in [-0.3, -0.25) is 9.59 Å². The molecule has 2 amide bonds. The number of aliphatic hydroxyl groups excluding tert-OH is 1. The Labute approximate surface area is 275 Å². The van der Waals surface area contributed by atoms with Crippen molar-refractivity contribution in [3.63, 3.8) is 0 Å². The lowest BCUT2D eigenvalue weighted by Gasteiger charge is -2.31. The van der Waals surface area contributed by atoms with Crippen LogP contribution in [0, 0.1) is 11.8 Å². The predicted molar refractivity (Wildman–Crippen MR) is 178 cm³/mol. The third-order valence-electron chi connectivity index (χ3n) is 7.74. The van der Waals surface area contributed by atoms with E-state index in [0.29, 0.717) is 29.1 Å². The van der Waals surface area contributed by atoms with E-state index >= 15 is 0 Å². The normalized spacial score (nSPS) is 16.3. The highest BCUT2D eigenvalue weighted by Gasteiger charge is 2.30. The van der Waals surface area contributed by atoms with Crippen LogP contribution in [0.25, 0.3) is 0 Å². The number of hydrogen-bond donors (Lipinski definition) is 4. The molecule has 1 aliphatic rings. The number of para-hydroxylation sites is 2. The largest absolute Gasteiger partial charge is 0.497 e. The van der Waals surface area contributed by atoms with Crippen molar-refractivity contribution in [1.29, 1.82) is 0 Å². The molecule has 0 saturated carbocycles. The van der Waals surface area contributed by atoms with E-state index in [1.807, 2.05) is 13.8 Å². The van der Waals surface area contributed by atoms with E-state index in [9.17, 15) is 23.1 Å². The van der Waals surface area contributed by atoms with Crippen LogP contribution in [0.1, 0.15) is 36.2 Å². The predicted octanol–water partition coefficient (Wildman–Crippen LogP) is 3.75. The smallest absolute Gasteiger partial charge is 0.286 e. The molecule has 252 valence electrons. The second-order valence-corrected chi connectivity index (χ2v) is 13.3. The number of sulfonamides is 1. The topological polar surface area (TPSA) is 170 Å². The fourth-order valence-electron chi connectivity index (χ4n) is 4.90. The maximum atomic E-state index is 13.2. The van der Waals surface area contributed by atoms with Crippen LogP contribution in [-0.4, -0.2) is 69.3 Å². The zero-order valence-electron chi connectivity index (χ0n) is 26.7. The second-order valence-electron chi connectivity index (χ2n) is 11.3. The van der Waals surface area contributed by atoms with E-state index < -0.39 is 22.2 Å². The van der Waals surface area contributed by atoms with Crippen LogP contribution in [0.15, 0.2) is 89.5 Å². The molecule has 0 aliphatic carbocycles. The van der Waals surface area contributed by atoms with Crippen LogP contribution >= 0.6 is 0 Å². The molecule has 1 heterocycles. The molecule has 0 radical (unpaired) electrons. The molecule has 0 aromatic heterocycles. The summed E-state index contributed by atoms with van der Waals surface area (Å²) in [6.45, 7) is 3.75. The lowest BCUT2D eigenvalue weighted by molar-refractivity contribution is -0.150. The minimum Gasteiger partial charge on any atom is -0.497 e. The van der Waals surface area contributed by atoms with Crippen molar-refractivity contribution in [2.45, 2.75) is 38.0 Å². The van der Waals surface area contributed by atoms with Gasteiger partial charge in [0, 0.05) is 31.6 Å². The summed E-state index contributed by atoms with van der Waals surface area (Å²) in [4.78, 5) is 25.8. The number of nitrogens with two attached hydrogens (primary N) is 1. The lowest BCUT2D eigenvalue weighted by atomic mass is 9.90. The number of ether oxygens (including phenoxy) is 3. The summed E-state index contributed by atoms with van der Waals surface area (Å²) in [5, 5.41) is 15.2. The minimum atomic E-state index is -3.90. The summed E-state index contributed by atoms with van der Waals surface area (Å²) in [7, 11) is -2.41. The van der Waals surface area contributed by atoms with Gasteiger partial charge < -0.3 is 35.7 Å². The Balaban J connectivity index is 1.32. The molecule has 0 unspecified atom stereocenters. The molecule has 5 N–H and O–H groups in total. The van der Waals surface area contributed by atoms with E-state index in [1.54, 1.807) is 66.7 Å². The van der Waals surface area contributed by atoms with Gasteiger partial charge in [-0.2, -0.15) is 4.31 Å². The number of allylic oxidation sites excluding steroid dienone is 1. The summed E-state index contributed by atoms with van der Waals surface area (Å²) < 4.78 is 44.5. The summed E-state index contributed by atoms with van der Waals surface area (Å²) in [6.07, 6.45) is 1.50. The Morgan fingerprint density at radius 3 is 2.36 bits per heavy atom. The Kier molecular flexibility index (Phi) is 12.4. The number of hydrogen-bond acceptors (Lipinski definition) is 9. The number of rotatable bonds is 15. The Morgan fingerprint density at radius 1 is 1.02 bits per heavy atom. The lowest BCUT2D eigenvalue weighted by Crippen LogP contribution is -2.38. The van der Waals surface area contributed by atoms with Crippen LogP contribution in [0.5, 0.6) is 5.75 Å². The zero-order chi connectivity index (χ0) is 34.0. The van der Waals surface area contributed by atoms with Crippen LogP contribution in [0.2, 0.25) is 0 Å². The molecule has 0 bridgehead atoms. The van der Waals surface area contributed by atoms with Crippen molar-refractivity contribution in [2.24, 2.45) is 11.8 Å². The summed E-state index contributed by atoms with van der Waals surface area (Å²) in [5.41, 5.74) is 8.12. The molecule has 1 aliphatic heterocycles. The maximum Gasteiger partial charge on any atom is 0.286 e. The van der Waals surface area contributed by atoms with E-state index in [-0.39, 0.29) is 61.2 Å². The third-order valence-corrected chi connectivity index (χ3v) is 9.65. The number of carbonyl (C=O) groups is 2. The number of nitrogen functional groups attached to an aromatic ring is 1. The van der Waals surface area contributed by atoms with Crippen molar-refractivity contribution >= 4 is 33.2 Å². The van der Waals surface area contributed by atoms with Crippen molar-refractivity contribution in [1.82, 2.24) is 9.62 Å². The van der Waals surface area contributed by atoms with Gasteiger partial charge in [-0.15, -0.1) is 0 Å². The highest BCUT2D eigenvalue weighted by molar-refractivity contribution is 7.89. The zero-order valence-corrected chi connectivity index (χ0v) is 27.5. The van der Waals surface area contributed by atoms with Gasteiger partial charge in [0.2, 0.25) is 16.3 Å². The number of aliphatic hydroxyl groups is 1. The van der Waals surface area contributed by atoms with Crippen LogP contribution in [-0.2, 0) is 30.8 Å². The SMILES string of the molecule is COc1ccc(S(=O)(=O)N(CCO)CCO[C@H]2C[C@@H](C(C)C)C=C(C(=O)NCc3ccc(C(=O)Nc4ccccc4N)cc3)O2)cc1. The third kappa shape index (κ3) is 9.55. The fraction of sp³-hybridized carbons (Fsp3) is 0.353. The van der Waals surface area contributed by atoms with Crippen molar-refractivity contribution in [2.75, 3.05) is 44.5 Å². The number of anilines is 2. The number of methoxy groups -OCH3 is 1. The molecule has 3 aromatic rings. The molecule has 3 aromatic carbocycles. The van der Waals surface area contributed by atoms with E-state index in [4.69, 9.17) is 19.9 Å². The monoisotopic (exact) mass is 666 g/mol. The Morgan fingerprint density at radius 2 is 1.72 bits per heavy atom. The van der Waals surface area contributed by atoms with Gasteiger partial charge in [-0.05, 0) is 72.0 Å². The van der Waals surface area contributed by atoms with Gasteiger partial charge in [0.15, 0.2) is 5.76 Å². The quantitative estimate of drug-likeness (QED) is 0.177. The van der Waals surface area contributed by atoms with Crippen LogP contribution < -0.4 is 21.1 Å². The van der Waals surface area contributed by atoms with E-state index in [2.05, 4.69) is 10.6 Å². The molecule has 47 heavy (non-hydrogen) atoms. The summed E-state index contributed by atoms with van der Waals surface area (Å²) >= 11 is 0. The molecule has 12 nitrogen and oxygen atoms in total. The average molecular weight is 667 g/mol. The average Bonchev–Trinajstić information content (AvgIpc) is 3.07. The molecular formula is C34H42N4O8S. The number of carbonyl (C=O) groups excluding carboxylic acids is 2. The molecule has 0 spiro atoms. The molecule has 0 saturated heterocycles. The van der Waals surface area contributed by atoms with Gasteiger partial charge in [-0.25, -0.2) is 8.42 Å². The molecule has 4 rings (SSSR count). The van der Waals surface area contributed by atoms with E-state index in [0.717, 1.165) is 9.87 Å². The summed E-state index contributed by atoms with van der Waals surface area (Å²) in [5.74, 6) is 0.101. The summed E-state index contributed by atoms with van der Waals surface area (Å²) in [6, 6.07) is 19.8. The first-order chi connectivity index (χ1) is 22.5. The first kappa shape index (κ1) is 35.4. The molecule has 0 fully saturated rings.